The van der Waals surface area contributed by atoms with Crippen molar-refractivity contribution in [3.8, 4) is 0 Å². The molecule has 0 saturated heterocycles. The number of hydrogen-bond acceptors (Lipinski definition) is 4. The lowest BCUT2D eigenvalue weighted by Gasteiger charge is -2.15. The summed E-state index contributed by atoms with van der Waals surface area (Å²) in [6.07, 6.45) is -0.566. The standard InChI is InChI=1S/C21H21FN2O4/c1-3-27-21(26)23-17-8-9-18-15(10-20(25)28-19(18)11-17)13-24(2)12-14-4-6-16(22)7-5-14/h4-11H,3,12-13H2,1-2H3,(H,23,26)/p+1. The lowest BCUT2D eigenvalue weighted by Crippen LogP contribution is -3.06. The SMILES string of the molecule is CCOC(=O)Nc1ccc2c(C[NH+](C)Cc3ccc(F)cc3)cc(=O)oc2c1. The Morgan fingerprint density at radius 1 is 1.14 bits per heavy atom. The second kappa shape index (κ2) is 8.67. The second-order valence-corrected chi connectivity index (χ2v) is 6.58. The van der Waals surface area contributed by atoms with Crippen molar-refractivity contribution in [2.24, 2.45) is 0 Å². The summed E-state index contributed by atoms with van der Waals surface area (Å²) >= 11 is 0. The zero-order valence-corrected chi connectivity index (χ0v) is 15.8. The zero-order chi connectivity index (χ0) is 20.1. The summed E-state index contributed by atoms with van der Waals surface area (Å²) < 4.78 is 23.2. The van der Waals surface area contributed by atoms with Gasteiger partial charge in [-0.25, -0.2) is 14.0 Å². The molecular formula is C21H22FN2O4+. The Balaban J connectivity index is 1.81. The van der Waals surface area contributed by atoms with Gasteiger partial charge in [0.2, 0.25) is 0 Å². The van der Waals surface area contributed by atoms with Gasteiger partial charge < -0.3 is 14.1 Å². The summed E-state index contributed by atoms with van der Waals surface area (Å²) in [7, 11) is 2.00. The number of anilines is 1. The number of fused-ring (bicyclic) bond motifs is 1. The molecule has 28 heavy (non-hydrogen) atoms. The van der Waals surface area contributed by atoms with Crippen LogP contribution in [0, 0.1) is 5.82 Å². The third-order valence-corrected chi connectivity index (χ3v) is 4.26. The normalized spacial score (nSPS) is 12.0. The predicted molar refractivity (Wildman–Crippen MR) is 104 cm³/mol. The van der Waals surface area contributed by atoms with E-state index in [0.29, 0.717) is 24.4 Å². The van der Waals surface area contributed by atoms with Crippen LogP contribution in [-0.4, -0.2) is 19.7 Å². The number of halogens is 1. The summed E-state index contributed by atoms with van der Waals surface area (Å²) in [4.78, 5) is 24.7. The molecule has 0 aliphatic carbocycles. The van der Waals surface area contributed by atoms with Gasteiger partial charge in [-0.3, -0.25) is 5.32 Å². The van der Waals surface area contributed by atoms with E-state index in [4.69, 9.17) is 9.15 Å². The highest BCUT2D eigenvalue weighted by Crippen LogP contribution is 2.21. The topological polar surface area (TPSA) is 73.0 Å². The number of benzene rings is 2. The molecule has 7 heteroatoms. The molecule has 6 nitrogen and oxygen atoms in total. The Labute approximate surface area is 161 Å². The summed E-state index contributed by atoms with van der Waals surface area (Å²) in [5, 5.41) is 3.39. The molecule has 1 unspecified atom stereocenters. The highest BCUT2D eigenvalue weighted by atomic mass is 19.1. The van der Waals surface area contributed by atoms with Crippen molar-refractivity contribution in [3.63, 3.8) is 0 Å². The van der Waals surface area contributed by atoms with Gasteiger partial charge in [0.15, 0.2) is 0 Å². The van der Waals surface area contributed by atoms with E-state index in [1.165, 1.54) is 18.2 Å². The molecule has 0 radical (unpaired) electrons. The van der Waals surface area contributed by atoms with Gasteiger partial charge in [-0.2, -0.15) is 0 Å². The molecular weight excluding hydrogens is 363 g/mol. The average molecular weight is 385 g/mol. The van der Waals surface area contributed by atoms with Crippen LogP contribution < -0.4 is 15.8 Å². The Hall–Kier alpha value is -3.19. The van der Waals surface area contributed by atoms with Crippen molar-refractivity contribution in [2.75, 3.05) is 19.0 Å². The maximum atomic E-state index is 13.1. The fraction of sp³-hybridized carbons (Fsp3) is 0.238. The molecule has 0 saturated carbocycles. The van der Waals surface area contributed by atoms with Crippen molar-refractivity contribution in [1.29, 1.82) is 0 Å². The summed E-state index contributed by atoms with van der Waals surface area (Å²) in [5.41, 5.74) is 2.27. The average Bonchev–Trinajstić information content (AvgIpc) is 2.63. The maximum Gasteiger partial charge on any atom is 0.411 e. The van der Waals surface area contributed by atoms with Crippen LogP contribution in [-0.2, 0) is 17.8 Å². The van der Waals surface area contributed by atoms with Crippen LogP contribution in [0.15, 0.2) is 57.7 Å². The fourth-order valence-electron chi connectivity index (χ4n) is 3.08. The van der Waals surface area contributed by atoms with E-state index in [1.807, 2.05) is 7.05 Å². The first kappa shape index (κ1) is 19.6. The van der Waals surface area contributed by atoms with E-state index in [9.17, 15) is 14.0 Å². The monoisotopic (exact) mass is 385 g/mol. The molecule has 2 aromatic carbocycles. The van der Waals surface area contributed by atoms with Gasteiger partial charge in [0, 0.05) is 34.3 Å². The number of ether oxygens (including phenoxy) is 1. The van der Waals surface area contributed by atoms with Gasteiger partial charge in [0.25, 0.3) is 0 Å². The number of carbonyl (C=O) groups is 1. The van der Waals surface area contributed by atoms with Crippen LogP contribution in [0.4, 0.5) is 14.9 Å². The summed E-state index contributed by atoms with van der Waals surface area (Å²) in [5.74, 6) is -0.264. The molecule has 3 aromatic rings. The van der Waals surface area contributed by atoms with Gasteiger partial charge in [0.05, 0.1) is 13.7 Å². The van der Waals surface area contributed by atoms with E-state index in [-0.39, 0.29) is 12.4 Å². The molecule has 2 N–H and O–H groups in total. The van der Waals surface area contributed by atoms with E-state index < -0.39 is 11.7 Å². The van der Waals surface area contributed by atoms with Crippen molar-refractivity contribution in [2.45, 2.75) is 20.0 Å². The fourth-order valence-corrected chi connectivity index (χ4v) is 3.08. The third-order valence-electron chi connectivity index (χ3n) is 4.26. The molecule has 0 aliphatic rings. The summed E-state index contributed by atoms with van der Waals surface area (Å²) in [6.45, 7) is 3.26. The van der Waals surface area contributed by atoms with Crippen molar-refractivity contribution >= 4 is 22.7 Å². The minimum Gasteiger partial charge on any atom is -0.450 e. The first-order valence-electron chi connectivity index (χ1n) is 9.01. The van der Waals surface area contributed by atoms with Crippen LogP contribution >= 0.6 is 0 Å². The Morgan fingerprint density at radius 2 is 1.89 bits per heavy atom. The van der Waals surface area contributed by atoms with E-state index in [1.54, 1.807) is 37.3 Å². The molecule has 0 bridgehead atoms. The first-order chi connectivity index (χ1) is 13.4. The van der Waals surface area contributed by atoms with Gasteiger partial charge in [-0.1, -0.05) is 12.1 Å². The second-order valence-electron chi connectivity index (χ2n) is 6.58. The molecule has 1 heterocycles. The molecule has 1 aromatic heterocycles. The summed E-state index contributed by atoms with van der Waals surface area (Å²) in [6, 6.07) is 13.0. The Bertz CT molecular complexity index is 1030. The molecule has 146 valence electrons. The van der Waals surface area contributed by atoms with E-state index >= 15 is 0 Å². The molecule has 3 rings (SSSR count). The van der Waals surface area contributed by atoms with Crippen LogP contribution in [0.25, 0.3) is 11.0 Å². The number of nitrogens with one attached hydrogen (secondary N) is 2. The Morgan fingerprint density at radius 3 is 2.61 bits per heavy atom. The lowest BCUT2D eigenvalue weighted by atomic mass is 10.1. The highest BCUT2D eigenvalue weighted by molar-refractivity contribution is 5.89. The van der Waals surface area contributed by atoms with Crippen molar-refractivity contribution in [3.05, 3.63) is 75.9 Å². The Kier molecular flexibility index (Phi) is 6.06. The molecule has 0 aliphatic heterocycles. The smallest absolute Gasteiger partial charge is 0.411 e. The molecule has 1 amide bonds. The van der Waals surface area contributed by atoms with Crippen LogP contribution in [0.2, 0.25) is 0 Å². The van der Waals surface area contributed by atoms with Crippen molar-refractivity contribution in [1.82, 2.24) is 0 Å². The lowest BCUT2D eigenvalue weighted by molar-refractivity contribution is -0.907. The zero-order valence-electron chi connectivity index (χ0n) is 15.8. The number of rotatable bonds is 6. The molecule has 0 spiro atoms. The maximum absolute atomic E-state index is 13.1. The van der Waals surface area contributed by atoms with Gasteiger partial charge in [-0.15, -0.1) is 0 Å². The van der Waals surface area contributed by atoms with Crippen molar-refractivity contribution < 1.29 is 23.2 Å². The van der Waals surface area contributed by atoms with Gasteiger partial charge in [0.1, 0.15) is 24.5 Å². The first-order valence-corrected chi connectivity index (χ1v) is 9.01. The molecule has 0 fully saturated rings. The van der Waals surface area contributed by atoms with E-state index in [0.717, 1.165) is 21.4 Å². The highest BCUT2D eigenvalue weighted by Gasteiger charge is 2.13. The number of carbonyl (C=O) groups excluding carboxylic acids is 1. The molecule has 1 atom stereocenters. The number of amides is 1. The van der Waals surface area contributed by atoms with Crippen LogP contribution in [0.3, 0.4) is 0 Å². The minimum absolute atomic E-state index is 0.264. The third kappa shape index (κ3) is 4.95. The van der Waals surface area contributed by atoms with Gasteiger partial charge in [-0.05, 0) is 31.2 Å². The predicted octanol–water partition coefficient (Wildman–Crippen LogP) is 2.72. The number of quaternary nitrogens is 1. The van der Waals surface area contributed by atoms with Crippen LogP contribution in [0.1, 0.15) is 18.1 Å². The van der Waals surface area contributed by atoms with Gasteiger partial charge >= 0.3 is 11.7 Å². The number of hydrogen-bond donors (Lipinski definition) is 2. The quantitative estimate of drug-likeness (QED) is 0.640. The minimum atomic E-state index is -0.566. The largest absolute Gasteiger partial charge is 0.450 e. The van der Waals surface area contributed by atoms with Crippen LogP contribution in [0.5, 0.6) is 0 Å². The van der Waals surface area contributed by atoms with E-state index in [2.05, 4.69) is 5.32 Å².